The molecule has 1 aromatic carbocycles. The van der Waals surface area contributed by atoms with Crippen molar-refractivity contribution in [2.45, 2.75) is 13.3 Å². The number of ether oxygens (including phenoxy) is 1. The van der Waals surface area contributed by atoms with Crippen molar-refractivity contribution >= 4 is 17.0 Å². The third kappa shape index (κ3) is 2.76. The molecular weight excluding hydrogens is 218 g/mol. The van der Waals surface area contributed by atoms with Gasteiger partial charge in [0.05, 0.1) is 6.61 Å². The minimum atomic E-state index is 0.695. The van der Waals surface area contributed by atoms with Crippen LogP contribution in [0.2, 0.25) is 0 Å². The molecule has 2 rings (SSSR count). The van der Waals surface area contributed by atoms with Crippen LogP contribution in [0.5, 0.6) is 5.75 Å². The maximum atomic E-state index is 5.72. The number of rotatable bonds is 4. The molecule has 2 N–H and O–H groups in total. The van der Waals surface area contributed by atoms with Crippen LogP contribution >= 0.6 is 11.3 Å². The lowest BCUT2D eigenvalue weighted by molar-refractivity contribution is 0.320. The van der Waals surface area contributed by atoms with Crippen molar-refractivity contribution in [1.29, 1.82) is 0 Å². The molecule has 0 atom stereocenters. The Morgan fingerprint density at radius 1 is 1.31 bits per heavy atom. The van der Waals surface area contributed by atoms with Crippen LogP contribution in [-0.2, 0) is 6.42 Å². The predicted octanol–water partition coefficient (Wildman–Crippen LogP) is 3.26. The summed E-state index contributed by atoms with van der Waals surface area (Å²) in [4.78, 5) is 0. The molecule has 3 heteroatoms. The van der Waals surface area contributed by atoms with Crippen LogP contribution in [-0.4, -0.2) is 6.61 Å². The quantitative estimate of drug-likeness (QED) is 0.823. The Morgan fingerprint density at radius 2 is 2.19 bits per heavy atom. The second-order valence-electron chi connectivity index (χ2n) is 3.75. The molecule has 1 heterocycles. The summed E-state index contributed by atoms with van der Waals surface area (Å²) in [6, 6.07) is 7.87. The van der Waals surface area contributed by atoms with Crippen LogP contribution in [0.25, 0.3) is 0 Å². The zero-order valence-corrected chi connectivity index (χ0v) is 10.1. The SMILES string of the molecule is Cc1ccc(N)cc1OCCc1ccsc1. The fourth-order valence-electron chi connectivity index (χ4n) is 1.49. The van der Waals surface area contributed by atoms with Gasteiger partial charge in [-0.2, -0.15) is 11.3 Å². The van der Waals surface area contributed by atoms with Gasteiger partial charge in [0, 0.05) is 18.2 Å². The molecule has 0 saturated heterocycles. The van der Waals surface area contributed by atoms with Gasteiger partial charge < -0.3 is 10.5 Å². The van der Waals surface area contributed by atoms with Crippen LogP contribution in [0.3, 0.4) is 0 Å². The Bertz CT molecular complexity index is 451. The van der Waals surface area contributed by atoms with Crippen molar-refractivity contribution in [2.24, 2.45) is 0 Å². The maximum absolute atomic E-state index is 5.72. The average molecular weight is 233 g/mol. The topological polar surface area (TPSA) is 35.2 Å². The van der Waals surface area contributed by atoms with Gasteiger partial charge in [-0.15, -0.1) is 0 Å². The van der Waals surface area contributed by atoms with Crippen molar-refractivity contribution < 1.29 is 4.74 Å². The van der Waals surface area contributed by atoms with Gasteiger partial charge in [-0.05, 0) is 40.9 Å². The Kier molecular flexibility index (Phi) is 3.47. The van der Waals surface area contributed by atoms with Crippen LogP contribution in [0.4, 0.5) is 5.69 Å². The van der Waals surface area contributed by atoms with E-state index in [0.717, 1.165) is 23.4 Å². The van der Waals surface area contributed by atoms with E-state index in [1.807, 2.05) is 25.1 Å². The van der Waals surface area contributed by atoms with Crippen molar-refractivity contribution in [3.8, 4) is 5.75 Å². The number of hydrogen-bond donors (Lipinski definition) is 1. The first-order chi connectivity index (χ1) is 7.75. The fraction of sp³-hybridized carbons (Fsp3) is 0.231. The molecule has 0 aliphatic rings. The smallest absolute Gasteiger partial charge is 0.124 e. The van der Waals surface area contributed by atoms with Crippen molar-refractivity contribution in [1.82, 2.24) is 0 Å². The maximum Gasteiger partial charge on any atom is 0.124 e. The standard InChI is InChI=1S/C13H15NOS/c1-10-2-3-12(14)8-13(10)15-6-4-11-5-7-16-9-11/h2-3,5,7-9H,4,6,14H2,1H3. The molecule has 1 aromatic heterocycles. The molecule has 0 bridgehead atoms. The first-order valence-corrected chi connectivity index (χ1v) is 6.20. The van der Waals surface area contributed by atoms with E-state index in [1.54, 1.807) is 11.3 Å². The van der Waals surface area contributed by atoms with Gasteiger partial charge >= 0.3 is 0 Å². The molecule has 84 valence electrons. The lowest BCUT2D eigenvalue weighted by atomic mass is 10.2. The predicted molar refractivity (Wildman–Crippen MR) is 69.1 cm³/mol. The van der Waals surface area contributed by atoms with Crippen LogP contribution < -0.4 is 10.5 Å². The largest absolute Gasteiger partial charge is 0.493 e. The molecule has 0 spiro atoms. The van der Waals surface area contributed by atoms with Crippen molar-refractivity contribution in [3.63, 3.8) is 0 Å². The molecule has 2 aromatic rings. The van der Waals surface area contributed by atoms with Gasteiger partial charge in [-0.25, -0.2) is 0 Å². The Balaban J connectivity index is 1.92. The molecule has 0 amide bonds. The average Bonchev–Trinajstić information content (AvgIpc) is 2.76. The minimum absolute atomic E-state index is 0.695. The molecule has 16 heavy (non-hydrogen) atoms. The number of nitrogen functional groups attached to an aromatic ring is 1. The Labute approximate surface area is 99.7 Å². The van der Waals surface area contributed by atoms with Crippen LogP contribution in [0.1, 0.15) is 11.1 Å². The highest BCUT2D eigenvalue weighted by molar-refractivity contribution is 7.07. The second-order valence-corrected chi connectivity index (χ2v) is 4.54. The van der Waals surface area contributed by atoms with E-state index in [1.165, 1.54) is 5.56 Å². The lowest BCUT2D eigenvalue weighted by Crippen LogP contribution is -2.02. The Morgan fingerprint density at radius 3 is 2.94 bits per heavy atom. The van der Waals surface area contributed by atoms with Gasteiger partial charge in [-0.1, -0.05) is 6.07 Å². The number of thiophene rings is 1. The summed E-state index contributed by atoms with van der Waals surface area (Å²) in [5, 5.41) is 4.23. The van der Waals surface area contributed by atoms with E-state index in [9.17, 15) is 0 Å². The number of hydrogen-bond acceptors (Lipinski definition) is 3. The van der Waals surface area contributed by atoms with Gasteiger partial charge in [0.2, 0.25) is 0 Å². The highest BCUT2D eigenvalue weighted by Crippen LogP contribution is 2.21. The normalized spacial score (nSPS) is 10.3. The van der Waals surface area contributed by atoms with Crippen molar-refractivity contribution in [3.05, 3.63) is 46.2 Å². The van der Waals surface area contributed by atoms with E-state index >= 15 is 0 Å². The van der Waals surface area contributed by atoms with Crippen LogP contribution in [0.15, 0.2) is 35.0 Å². The fourth-order valence-corrected chi connectivity index (χ4v) is 2.19. The third-order valence-electron chi connectivity index (χ3n) is 2.44. The number of anilines is 1. The van der Waals surface area contributed by atoms with Gasteiger partial charge in [0.1, 0.15) is 5.75 Å². The van der Waals surface area contributed by atoms with Crippen LogP contribution in [0, 0.1) is 6.92 Å². The molecule has 0 aliphatic carbocycles. The van der Waals surface area contributed by atoms with E-state index in [2.05, 4.69) is 16.8 Å². The first kappa shape index (κ1) is 11.0. The number of aryl methyl sites for hydroxylation is 1. The second kappa shape index (κ2) is 5.03. The number of nitrogens with two attached hydrogens (primary N) is 1. The van der Waals surface area contributed by atoms with Crippen molar-refractivity contribution in [2.75, 3.05) is 12.3 Å². The minimum Gasteiger partial charge on any atom is -0.493 e. The van der Waals surface area contributed by atoms with E-state index in [4.69, 9.17) is 10.5 Å². The molecule has 0 radical (unpaired) electrons. The monoisotopic (exact) mass is 233 g/mol. The molecule has 0 saturated carbocycles. The summed E-state index contributed by atoms with van der Waals surface area (Å²) >= 11 is 1.72. The van der Waals surface area contributed by atoms with E-state index in [-0.39, 0.29) is 0 Å². The van der Waals surface area contributed by atoms with Gasteiger partial charge in [-0.3, -0.25) is 0 Å². The molecule has 0 aliphatic heterocycles. The highest BCUT2D eigenvalue weighted by atomic mass is 32.1. The Hall–Kier alpha value is -1.48. The summed E-state index contributed by atoms with van der Waals surface area (Å²) in [5.41, 5.74) is 8.91. The van der Waals surface area contributed by atoms with E-state index in [0.29, 0.717) is 6.61 Å². The lowest BCUT2D eigenvalue weighted by Gasteiger charge is -2.09. The zero-order chi connectivity index (χ0) is 11.4. The molecule has 0 unspecified atom stereocenters. The van der Waals surface area contributed by atoms with Gasteiger partial charge in [0.15, 0.2) is 0 Å². The summed E-state index contributed by atoms with van der Waals surface area (Å²) in [7, 11) is 0. The van der Waals surface area contributed by atoms with Gasteiger partial charge in [0.25, 0.3) is 0 Å². The first-order valence-electron chi connectivity index (χ1n) is 5.26. The molecular formula is C13H15NOS. The zero-order valence-electron chi connectivity index (χ0n) is 9.27. The molecule has 0 fully saturated rings. The van der Waals surface area contributed by atoms with E-state index < -0.39 is 0 Å². The molecule has 2 nitrogen and oxygen atoms in total. The highest BCUT2D eigenvalue weighted by Gasteiger charge is 2.00. The summed E-state index contributed by atoms with van der Waals surface area (Å²) in [6.45, 7) is 2.72. The summed E-state index contributed by atoms with van der Waals surface area (Å²) < 4.78 is 5.72. The summed E-state index contributed by atoms with van der Waals surface area (Å²) in [6.07, 6.45) is 0.942. The summed E-state index contributed by atoms with van der Waals surface area (Å²) in [5.74, 6) is 0.884. The number of benzene rings is 1. The third-order valence-corrected chi connectivity index (χ3v) is 3.17.